The first kappa shape index (κ1) is 16.8. The molecule has 0 saturated carbocycles. The molecule has 2 rings (SSSR count). The van der Waals surface area contributed by atoms with Crippen molar-refractivity contribution in [2.75, 3.05) is 6.54 Å². The Balaban J connectivity index is 1.99. The van der Waals surface area contributed by atoms with Crippen molar-refractivity contribution in [3.05, 3.63) is 35.1 Å². The van der Waals surface area contributed by atoms with Crippen molar-refractivity contribution in [1.82, 2.24) is 4.90 Å². The molecule has 1 unspecified atom stereocenters. The van der Waals surface area contributed by atoms with Gasteiger partial charge in [-0.1, -0.05) is 12.1 Å². The second-order valence-electron chi connectivity index (χ2n) is 5.72. The highest BCUT2D eigenvalue weighted by Crippen LogP contribution is 2.32. The molecule has 1 fully saturated rings. The molecule has 0 aliphatic carbocycles. The maximum atomic E-state index is 13.2. The number of halogens is 4. The van der Waals surface area contributed by atoms with Gasteiger partial charge in [-0.2, -0.15) is 13.2 Å². The van der Waals surface area contributed by atoms with Crippen LogP contribution in [0.15, 0.2) is 18.2 Å². The normalized spacial score (nSPS) is 19.3. The lowest BCUT2D eigenvalue weighted by molar-refractivity contribution is -0.195. The van der Waals surface area contributed by atoms with E-state index in [1.54, 1.807) is 19.1 Å². The highest BCUT2D eigenvalue weighted by atomic mass is 19.4. The number of rotatable bonds is 3. The van der Waals surface area contributed by atoms with Crippen LogP contribution in [0.25, 0.3) is 0 Å². The summed E-state index contributed by atoms with van der Waals surface area (Å²) in [5.41, 5.74) is 1.23. The van der Waals surface area contributed by atoms with Crippen molar-refractivity contribution in [2.45, 2.75) is 51.2 Å². The van der Waals surface area contributed by atoms with Gasteiger partial charge in [0.2, 0.25) is 5.91 Å². The molecule has 1 atom stereocenters. The molecule has 1 aliphatic heterocycles. The summed E-state index contributed by atoms with van der Waals surface area (Å²) in [5.74, 6) is -0.813. The Morgan fingerprint density at radius 1 is 1.32 bits per heavy atom. The minimum absolute atomic E-state index is 0.0116. The van der Waals surface area contributed by atoms with Crippen LogP contribution in [0.3, 0.4) is 0 Å². The largest absolute Gasteiger partial charge is 0.408 e. The maximum Gasteiger partial charge on any atom is 0.408 e. The molecule has 1 aromatic rings. The van der Waals surface area contributed by atoms with Crippen molar-refractivity contribution in [3.8, 4) is 0 Å². The Hall–Kier alpha value is -1.59. The van der Waals surface area contributed by atoms with E-state index in [1.807, 2.05) is 0 Å². The van der Waals surface area contributed by atoms with Gasteiger partial charge in [0.1, 0.15) is 11.9 Å². The standard InChI is InChI=1S/C16H19F4NO/c1-11-10-12(5-7-13(11)17)6-8-15(22)21-9-3-2-4-14(21)16(18,19)20/h5,7,10,14H,2-4,6,8-9H2,1H3. The topological polar surface area (TPSA) is 20.3 Å². The van der Waals surface area contributed by atoms with E-state index in [9.17, 15) is 22.4 Å². The summed E-state index contributed by atoms with van der Waals surface area (Å²) in [4.78, 5) is 13.1. The van der Waals surface area contributed by atoms with Crippen molar-refractivity contribution >= 4 is 5.91 Å². The molecule has 0 radical (unpaired) electrons. The third-order valence-corrected chi connectivity index (χ3v) is 4.05. The zero-order valence-corrected chi connectivity index (χ0v) is 12.4. The Labute approximate surface area is 127 Å². The number of benzene rings is 1. The molecule has 2 nitrogen and oxygen atoms in total. The Bertz CT molecular complexity index is 541. The van der Waals surface area contributed by atoms with Gasteiger partial charge in [-0.05, 0) is 49.8 Å². The molecule has 22 heavy (non-hydrogen) atoms. The summed E-state index contributed by atoms with van der Waals surface area (Å²) >= 11 is 0. The summed E-state index contributed by atoms with van der Waals surface area (Å²) in [6, 6.07) is 2.84. The monoisotopic (exact) mass is 317 g/mol. The number of hydrogen-bond acceptors (Lipinski definition) is 1. The molecule has 1 saturated heterocycles. The smallest absolute Gasteiger partial charge is 0.331 e. The van der Waals surface area contributed by atoms with Crippen molar-refractivity contribution in [3.63, 3.8) is 0 Å². The lowest BCUT2D eigenvalue weighted by Gasteiger charge is -2.36. The van der Waals surface area contributed by atoms with E-state index in [1.165, 1.54) is 6.07 Å². The molecule has 0 aromatic heterocycles. The molecular formula is C16H19F4NO. The Kier molecular flexibility index (Phi) is 5.08. The van der Waals surface area contributed by atoms with Crippen LogP contribution in [0.5, 0.6) is 0 Å². The SMILES string of the molecule is Cc1cc(CCC(=O)N2CCCCC2C(F)(F)F)ccc1F. The van der Waals surface area contributed by atoms with E-state index >= 15 is 0 Å². The van der Waals surface area contributed by atoms with E-state index in [4.69, 9.17) is 0 Å². The number of carbonyl (C=O) groups is 1. The third-order valence-electron chi connectivity index (χ3n) is 4.05. The molecule has 1 amide bonds. The van der Waals surface area contributed by atoms with E-state index in [0.717, 1.165) is 10.5 Å². The quantitative estimate of drug-likeness (QED) is 0.771. The van der Waals surface area contributed by atoms with Crippen molar-refractivity contribution in [1.29, 1.82) is 0 Å². The Morgan fingerprint density at radius 2 is 2.05 bits per heavy atom. The van der Waals surface area contributed by atoms with Crippen LogP contribution in [-0.2, 0) is 11.2 Å². The predicted molar refractivity (Wildman–Crippen MR) is 74.9 cm³/mol. The number of alkyl halides is 3. The summed E-state index contributed by atoms with van der Waals surface area (Å²) in [6.07, 6.45) is -2.97. The minimum atomic E-state index is -4.37. The minimum Gasteiger partial charge on any atom is -0.331 e. The molecule has 6 heteroatoms. The van der Waals surface area contributed by atoms with Gasteiger partial charge in [0.05, 0.1) is 0 Å². The molecule has 122 valence electrons. The molecule has 0 spiro atoms. The number of nitrogens with zero attached hydrogens (tertiary/aromatic N) is 1. The Morgan fingerprint density at radius 3 is 2.68 bits per heavy atom. The molecule has 1 aromatic carbocycles. The van der Waals surface area contributed by atoms with Crippen LogP contribution in [0.4, 0.5) is 17.6 Å². The average Bonchev–Trinajstić information content (AvgIpc) is 2.47. The second kappa shape index (κ2) is 6.67. The van der Waals surface area contributed by atoms with E-state index in [0.29, 0.717) is 24.8 Å². The number of hydrogen-bond donors (Lipinski definition) is 0. The lowest BCUT2D eigenvalue weighted by atomic mass is 10.00. The fraction of sp³-hybridized carbons (Fsp3) is 0.562. The highest BCUT2D eigenvalue weighted by molar-refractivity contribution is 5.77. The summed E-state index contributed by atoms with van der Waals surface area (Å²) in [7, 11) is 0. The number of carbonyl (C=O) groups excluding carboxylic acids is 1. The average molecular weight is 317 g/mol. The number of amides is 1. The van der Waals surface area contributed by atoms with Crippen LogP contribution in [0, 0.1) is 12.7 Å². The summed E-state index contributed by atoms with van der Waals surface area (Å²) in [6.45, 7) is 1.77. The first-order chi connectivity index (χ1) is 10.3. The van der Waals surface area contributed by atoms with Crippen LogP contribution in [0.1, 0.15) is 36.8 Å². The molecule has 1 heterocycles. The molecule has 1 aliphatic rings. The highest BCUT2D eigenvalue weighted by Gasteiger charge is 2.45. The van der Waals surface area contributed by atoms with Gasteiger partial charge in [-0.25, -0.2) is 4.39 Å². The fourth-order valence-corrected chi connectivity index (χ4v) is 2.83. The van der Waals surface area contributed by atoms with Gasteiger partial charge in [-0.3, -0.25) is 4.79 Å². The second-order valence-corrected chi connectivity index (χ2v) is 5.72. The summed E-state index contributed by atoms with van der Waals surface area (Å²) < 4.78 is 52.1. The van der Waals surface area contributed by atoms with Gasteiger partial charge >= 0.3 is 6.18 Å². The van der Waals surface area contributed by atoms with Gasteiger partial charge < -0.3 is 4.90 Å². The fourth-order valence-electron chi connectivity index (χ4n) is 2.83. The van der Waals surface area contributed by atoms with E-state index in [-0.39, 0.29) is 25.2 Å². The van der Waals surface area contributed by atoms with Crippen LogP contribution >= 0.6 is 0 Å². The lowest BCUT2D eigenvalue weighted by Crippen LogP contribution is -2.51. The maximum absolute atomic E-state index is 13.2. The number of likely N-dealkylation sites (tertiary alicyclic amines) is 1. The molecule has 0 N–H and O–H groups in total. The first-order valence-electron chi connectivity index (χ1n) is 7.40. The van der Waals surface area contributed by atoms with Crippen LogP contribution in [0.2, 0.25) is 0 Å². The van der Waals surface area contributed by atoms with Crippen molar-refractivity contribution in [2.24, 2.45) is 0 Å². The zero-order chi connectivity index (χ0) is 16.3. The van der Waals surface area contributed by atoms with Gasteiger partial charge in [0.25, 0.3) is 0 Å². The van der Waals surface area contributed by atoms with Crippen LogP contribution < -0.4 is 0 Å². The molecule has 0 bridgehead atoms. The predicted octanol–water partition coefficient (Wildman–Crippen LogP) is 4.01. The third kappa shape index (κ3) is 3.99. The van der Waals surface area contributed by atoms with Gasteiger partial charge in [0.15, 0.2) is 0 Å². The van der Waals surface area contributed by atoms with Crippen molar-refractivity contribution < 1.29 is 22.4 Å². The summed E-state index contributed by atoms with van der Waals surface area (Å²) in [5, 5.41) is 0. The number of aryl methyl sites for hydroxylation is 2. The van der Waals surface area contributed by atoms with E-state index in [2.05, 4.69) is 0 Å². The first-order valence-corrected chi connectivity index (χ1v) is 7.40. The van der Waals surface area contributed by atoms with Crippen LogP contribution in [-0.4, -0.2) is 29.6 Å². The van der Waals surface area contributed by atoms with Gasteiger partial charge in [0, 0.05) is 13.0 Å². The van der Waals surface area contributed by atoms with E-state index < -0.39 is 18.1 Å². The number of piperidine rings is 1. The van der Waals surface area contributed by atoms with Gasteiger partial charge in [-0.15, -0.1) is 0 Å². The molecular weight excluding hydrogens is 298 g/mol. The zero-order valence-electron chi connectivity index (χ0n) is 12.4.